The van der Waals surface area contributed by atoms with Crippen LogP contribution in [-0.2, 0) is 11.2 Å². The van der Waals surface area contributed by atoms with E-state index in [0.29, 0.717) is 58.4 Å². The van der Waals surface area contributed by atoms with Crippen LogP contribution >= 0.6 is 0 Å². The lowest BCUT2D eigenvalue weighted by Crippen LogP contribution is -2.63. The molecule has 0 aliphatic heterocycles. The number of H-pyrrole nitrogens is 1. The van der Waals surface area contributed by atoms with Crippen LogP contribution in [0.1, 0.15) is 67.0 Å². The highest BCUT2D eigenvalue weighted by Gasteiger charge is 2.51. The summed E-state index contributed by atoms with van der Waals surface area (Å²) in [6, 6.07) is 10.8. The second-order valence-electron chi connectivity index (χ2n) is 14.5. The zero-order valence-corrected chi connectivity index (χ0v) is 29.9. The van der Waals surface area contributed by atoms with E-state index in [1.807, 2.05) is 4.90 Å². The zero-order chi connectivity index (χ0) is 36.9. The number of anilines is 3. The molecule has 2 aromatic heterocycles. The highest BCUT2D eigenvalue weighted by molar-refractivity contribution is 5.93. The van der Waals surface area contributed by atoms with Gasteiger partial charge < -0.3 is 20.1 Å². The summed E-state index contributed by atoms with van der Waals surface area (Å²) in [6.07, 6.45) is -3.30. The Labute approximate surface area is 290 Å². The van der Waals surface area contributed by atoms with Gasteiger partial charge >= 0.3 is 6.18 Å². The van der Waals surface area contributed by atoms with Gasteiger partial charge in [0.1, 0.15) is 18.0 Å². The fourth-order valence-electron chi connectivity index (χ4n) is 6.35. The predicted molar refractivity (Wildman–Crippen MR) is 186 cm³/mol. The van der Waals surface area contributed by atoms with E-state index >= 15 is 0 Å². The van der Waals surface area contributed by atoms with Crippen molar-refractivity contribution < 1.29 is 31.8 Å². The minimum atomic E-state index is -4.26. The van der Waals surface area contributed by atoms with Crippen LogP contribution in [0.3, 0.4) is 0 Å². The molecule has 4 aromatic rings. The summed E-state index contributed by atoms with van der Waals surface area (Å²) in [5.74, 6) is 0.911. The molecule has 3 N–H and O–H groups in total. The van der Waals surface area contributed by atoms with Crippen molar-refractivity contribution in [2.75, 3.05) is 37.4 Å². The van der Waals surface area contributed by atoms with Crippen molar-refractivity contribution in [3.63, 3.8) is 0 Å². The number of hydrogen-bond donors (Lipinski definition) is 3. The van der Waals surface area contributed by atoms with Crippen molar-refractivity contribution in [2.24, 2.45) is 10.8 Å². The minimum absolute atomic E-state index is 0.0179. The number of ether oxygens (including phenoxy) is 2. The maximum atomic E-state index is 13.5. The fourth-order valence-corrected chi connectivity index (χ4v) is 6.35. The molecule has 10 nitrogen and oxygen atoms in total. The number of alkyl halides is 3. The average molecular weight is 702 g/mol. The second-order valence-corrected chi connectivity index (χ2v) is 14.5. The van der Waals surface area contributed by atoms with E-state index in [1.165, 1.54) is 31.6 Å². The summed E-state index contributed by atoms with van der Waals surface area (Å²) >= 11 is 0. The number of hydrogen-bond acceptors (Lipinski definition) is 8. The van der Waals surface area contributed by atoms with Gasteiger partial charge in [0.05, 0.1) is 32.1 Å². The Balaban J connectivity index is 1.45. The molecule has 0 radical (unpaired) electrons. The van der Waals surface area contributed by atoms with Crippen molar-refractivity contribution in [3.05, 3.63) is 60.3 Å². The molecule has 4 rings (SSSR count). The number of fused-ring (bicyclic) bond motifs is 1. The van der Waals surface area contributed by atoms with Gasteiger partial charge in [-0.05, 0) is 48.4 Å². The first-order chi connectivity index (χ1) is 23.3. The predicted octanol–water partition coefficient (Wildman–Crippen LogP) is 8.30. The van der Waals surface area contributed by atoms with Crippen molar-refractivity contribution in [1.82, 2.24) is 25.1 Å². The monoisotopic (exact) mass is 701 g/mol. The van der Waals surface area contributed by atoms with Gasteiger partial charge in [0.25, 0.3) is 0 Å². The van der Waals surface area contributed by atoms with Gasteiger partial charge in [-0.3, -0.25) is 14.8 Å². The third-order valence-corrected chi connectivity index (χ3v) is 9.31. The molecular weight excluding hydrogens is 654 g/mol. The molecule has 2 heterocycles. The first kappa shape index (κ1) is 38.3. The molecule has 0 spiro atoms. The topological polar surface area (TPSA) is 117 Å². The molecule has 50 heavy (non-hydrogen) atoms. The van der Waals surface area contributed by atoms with Crippen LogP contribution < -0.4 is 20.1 Å². The number of aromatic amines is 1. The Bertz CT molecular complexity index is 1750. The molecular formula is C36H47F4N7O3. The summed E-state index contributed by atoms with van der Waals surface area (Å²) in [6.45, 7) is 15.0. The Kier molecular flexibility index (Phi) is 11.7. The minimum Gasteiger partial charge on any atom is -0.493 e. The Morgan fingerprint density at radius 3 is 2.30 bits per heavy atom. The molecule has 0 aliphatic rings. The smallest absolute Gasteiger partial charge is 0.390 e. The molecule has 0 fully saturated rings. The molecule has 1 amide bonds. The number of nitrogens with zero attached hydrogens (tertiary/aromatic N) is 4. The molecule has 0 saturated carbocycles. The SMILES string of the molecule is COc1cc2c(Nc3cc(CC(=O)Nc4cccc(F)c4)[nH]n3)ncnc2cc1OCCCN(CCC(F)(F)F)C(C)(C(C)(C)C)C(C)(C)C. The van der Waals surface area contributed by atoms with E-state index in [9.17, 15) is 22.4 Å². The number of amides is 1. The van der Waals surface area contributed by atoms with Gasteiger partial charge in [-0.25, -0.2) is 14.4 Å². The van der Waals surface area contributed by atoms with Gasteiger partial charge in [-0.15, -0.1) is 0 Å². The molecule has 0 bridgehead atoms. The highest BCUT2D eigenvalue weighted by Crippen LogP contribution is 2.48. The highest BCUT2D eigenvalue weighted by atomic mass is 19.4. The number of benzene rings is 2. The van der Waals surface area contributed by atoms with Crippen molar-refractivity contribution >= 4 is 34.1 Å². The number of carbonyl (C=O) groups excluding carboxylic acids is 1. The molecule has 0 atom stereocenters. The summed E-state index contributed by atoms with van der Waals surface area (Å²) in [7, 11) is 1.51. The van der Waals surface area contributed by atoms with Crippen LogP contribution in [-0.4, -0.2) is 69.5 Å². The van der Waals surface area contributed by atoms with Crippen LogP contribution in [0.5, 0.6) is 11.5 Å². The summed E-state index contributed by atoms with van der Waals surface area (Å²) < 4.78 is 65.4. The number of rotatable bonds is 14. The summed E-state index contributed by atoms with van der Waals surface area (Å²) in [5.41, 5.74) is 0.279. The Morgan fingerprint density at radius 1 is 0.940 bits per heavy atom. The molecule has 0 aliphatic carbocycles. The molecule has 272 valence electrons. The quantitative estimate of drug-likeness (QED) is 0.0888. The molecule has 0 saturated heterocycles. The van der Waals surface area contributed by atoms with Gasteiger partial charge in [0, 0.05) is 47.5 Å². The van der Waals surface area contributed by atoms with Crippen LogP contribution in [0.25, 0.3) is 10.9 Å². The van der Waals surface area contributed by atoms with Crippen LogP contribution in [0, 0.1) is 16.6 Å². The number of carbonyl (C=O) groups is 1. The lowest BCUT2D eigenvalue weighted by Gasteiger charge is -2.58. The molecule has 0 unspecified atom stereocenters. The zero-order valence-electron chi connectivity index (χ0n) is 29.9. The van der Waals surface area contributed by atoms with E-state index in [2.05, 4.69) is 79.3 Å². The standard InChI is InChI=1S/C36H47F4N7O3/c1-33(2,3)35(7,34(4,5)6)47(15-13-36(38,39)40)14-10-16-50-29-21-27-26(20-28(29)49-8)32(42-22-41-27)44-30-18-25(45-46-30)19-31(48)43-24-12-9-11-23(37)17-24/h9,11-12,17-18,20-22H,10,13-16,19H2,1-8H3,(H,43,48)(H2,41,42,44,45,46). The maximum absolute atomic E-state index is 13.5. The third-order valence-electron chi connectivity index (χ3n) is 9.31. The van der Waals surface area contributed by atoms with E-state index in [4.69, 9.17) is 9.47 Å². The van der Waals surface area contributed by atoms with Crippen LogP contribution in [0.15, 0.2) is 48.8 Å². The van der Waals surface area contributed by atoms with Crippen molar-refractivity contribution in [2.45, 2.75) is 79.4 Å². The Hall–Kier alpha value is -4.46. The van der Waals surface area contributed by atoms with Gasteiger partial charge in [-0.2, -0.15) is 18.3 Å². The van der Waals surface area contributed by atoms with Gasteiger partial charge in [0.15, 0.2) is 17.3 Å². The maximum Gasteiger partial charge on any atom is 0.390 e. The van der Waals surface area contributed by atoms with E-state index in [1.54, 1.807) is 24.3 Å². The largest absolute Gasteiger partial charge is 0.493 e. The van der Waals surface area contributed by atoms with Crippen molar-refractivity contribution in [3.8, 4) is 11.5 Å². The third kappa shape index (κ3) is 9.40. The van der Waals surface area contributed by atoms with Gasteiger partial charge in [-0.1, -0.05) is 47.6 Å². The fraction of sp³-hybridized carbons (Fsp3) is 0.500. The normalized spacial score (nSPS) is 12.7. The summed E-state index contributed by atoms with van der Waals surface area (Å²) in [5, 5.41) is 13.5. The molecule has 2 aromatic carbocycles. The van der Waals surface area contributed by atoms with Crippen LogP contribution in [0.2, 0.25) is 0 Å². The van der Waals surface area contributed by atoms with E-state index < -0.39 is 24.0 Å². The molecule has 14 heteroatoms. The first-order valence-corrected chi connectivity index (χ1v) is 16.4. The lowest BCUT2D eigenvalue weighted by atomic mass is 9.60. The second kappa shape index (κ2) is 15.2. The van der Waals surface area contributed by atoms with Crippen LogP contribution in [0.4, 0.5) is 34.9 Å². The van der Waals surface area contributed by atoms with E-state index in [0.717, 1.165) is 0 Å². The number of nitrogens with one attached hydrogen (secondary N) is 3. The Morgan fingerprint density at radius 2 is 1.66 bits per heavy atom. The first-order valence-electron chi connectivity index (χ1n) is 16.4. The number of aromatic nitrogens is 4. The lowest BCUT2D eigenvalue weighted by molar-refractivity contribution is -0.151. The number of halogens is 4. The van der Waals surface area contributed by atoms with Crippen molar-refractivity contribution in [1.29, 1.82) is 0 Å². The van der Waals surface area contributed by atoms with E-state index in [-0.39, 0.29) is 36.3 Å². The van der Waals surface area contributed by atoms with Gasteiger partial charge in [0.2, 0.25) is 5.91 Å². The average Bonchev–Trinajstić information content (AvgIpc) is 3.44. The number of methoxy groups -OCH3 is 1. The summed E-state index contributed by atoms with van der Waals surface area (Å²) in [4.78, 5) is 23.2.